The number of ether oxygens (including phenoxy) is 1. The lowest BCUT2D eigenvalue weighted by atomic mass is 10.1. The first-order valence-corrected chi connectivity index (χ1v) is 9.28. The highest BCUT2D eigenvalue weighted by Crippen LogP contribution is 2.33. The summed E-state index contributed by atoms with van der Waals surface area (Å²) in [4.78, 5) is 13.6. The van der Waals surface area contributed by atoms with Crippen molar-refractivity contribution in [1.82, 2.24) is 0 Å². The van der Waals surface area contributed by atoms with E-state index in [4.69, 9.17) is 13.7 Å². The first-order valence-electron chi connectivity index (χ1n) is 7.67. The summed E-state index contributed by atoms with van der Waals surface area (Å²) in [6, 6.07) is 13.4. The van der Waals surface area contributed by atoms with Crippen LogP contribution in [0.25, 0.3) is 11.0 Å². The zero-order chi connectivity index (χ0) is 18.9. The molecule has 1 N–H and O–H groups in total. The molecule has 0 fully saturated rings. The van der Waals surface area contributed by atoms with E-state index in [1.165, 1.54) is 13.2 Å². The highest BCUT2D eigenvalue weighted by Gasteiger charge is 2.16. The molecular formula is C18H17NO6S. The van der Waals surface area contributed by atoms with E-state index in [0.717, 1.165) is 5.39 Å². The maximum absolute atomic E-state index is 11.9. The van der Waals surface area contributed by atoms with Crippen molar-refractivity contribution in [3.63, 3.8) is 0 Å². The number of hydrogen-bond donors (Lipinski definition) is 1. The maximum atomic E-state index is 11.9. The van der Waals surface area contributed by atoms with Crippen molar-refractivity contribution in [3.05, 3.63) is 64.5 Å². The van der Waals surface area contributed by atoms with Gasteiger partial charge in [-0.25, -0.2) is 4.79 Å². The van der Waals surface area contributed by atoms with Gasteiger partial charge >= 0.3 is 5.63 Å². The Morgan fingerprint density at radius 1 is 1.15 bits per heavy atom. The van der Waals surface area contributed by atoms with Gasteiger partial charge < -0.3 is 14.1 Å². The van der Waals surface area contributed by atoms with Crippen LogP contribution in [0.4, 0.5) is 11.4 Å². The van der Waals surface area contributed by atoms with Crippen molar-refractivity contribution in [2.75, 3.05) is 19.1 Å². The van der Waals surface area contributed by atoms with E-state index in [0.29, 0.717) is 28.3 Å². The van der Waals surface area contributed by atoms with Gasteiger partial charge in [-0.2, -0.15) is 8.42 Å². The standard InChI is InChI=1S/C18H17NO6S/c1-19(15-10-18(20)25-17-6-4-3-5-14(15)17)13-7-8-16(24-2)12(9-13)11-26(21,22)23/h3-10H,11H2,1-2H3,(H,21,22,23). The molecule has 1 heterocycles. The fourth-order valence-electron chi connectivity index (χ4n) is 2.79. The molecule has 1 aromatic heterocycles. The quantitative estimate of drug-likeness (QED) is 0.541. The minimum absolute atomic E-state index is 0.312. The van der Waals surface area contributed by atoms with Gasteiger partial charge in [-0.1, -0.05) is 12.1 Å². The lowest BCUT2D eigenvalue weighted by molar-refractivity contribution is 0.410. The summed E-state index contributed by atoms with van der Waals surface area (Å²) in [7, 11) is -1.05. The molecule has 3 rings (SSSR count). The molecule has 2 aromatic carbocycles. The summed E-state index contributed by atoms with van der Waals surface area (Å²) in [6.07, 6.45) is 0. The van der Waals surface area contributed by atoms with E-state index in [1.807, 2.05) is 12.1 Å². The van der Waals surface area contributed by atoms with Gasteiger partial charge in [0.05, 0.1) is 12.8 Å². The molecular weight excluding hydrogens is 358 g/mol. The van der Waals surface area contributed by atoms with Crippen LogP contribution in [0, 0.1) is 0 Å². The van der Waals surface area contributed by atoms with Crippen LogP contribution in [0.1, 0.15) is 5.56 Å². The monoisotopic (exact) mass is 375 g/mol. The second-order valence-electron chi connectivity index (χ2n) is 5.73. The molecule has 3 aromatic rings. The molecule has 0 aliphatic heterocycles. The zero-order valence-corrected chi connectivity index (χ0v) is 15.0. The topological polar surface area (TPSA) is 97.0 Å². The number of nitrogens with zero attached hydrogens (tertiary/aromatic N) is 1. The second kappa shape index (κ2) is 6.81. The van der Waals surface area contributed by atoms with Crippen LogP contribution < -0.4 is 15.3 Å². The molecule has 0 saturated carbocycles. The van der Waals surface area contributed by atoms with Gasteiger partial charge in [0.25, 0.3) is 10.1 Å². The van der Waals surface area contributed by atoms with Gasteiger partial charge in [0, 0.05) is 29.8 Å². The third-order valence-electron chi connectivity index (χ3n) is 3.98. The predicted molar refractivity (Wildman–Crippen MR) is 98.8 cm³/mol. The van der Waals surface area contributed by atoms with E-state index in [-0.39, 0.29) is 0 Å². The minimum atomic E-state index is -4.22. The summed E-state index contributed by atoms with van der Waals surface area (Å²) in [5, 5.41) is 0.738. The SMILES string of the molecule is COc1ccc(N(C)c2cc(=O)oc3ccccc23)cc1CS(=O)(=O)O. The molecule has 26 heavy (non-hydrogen) atoms. The molecule has 0 atom stereocenters. The summed E-state index contributed by atoms with van der Waals surface area (Å²) in [5.41, 5.74) is 1.51. The molecule has 0 aliphatic carbocycles. The van der Waals surface area contributed by atoms with Crippen molar-refractivity contribution in [2.24, 2.45) is 0 Å². The van der Waals surface area contributed by atoms with Crippen molar-refractivity contribution < 1.29 is 22.1 Å². The van der Waals surface area contributed by atoms with Crippen LogP contribution in [0.15, 0.2) is 57.7 Å². The Morgan fingerprint density at radius 2 is 1.88 bits per heavy atom. The van der Waals surface area contributed by atoms with E-state index in [1.54, 1.807) is 42.3 Å². The van der Waals surface area contributed by atoms with Crippen molar-refractivity contribution in [3.8, 4) is 5.75 Å². The average Bonchev–Trinajstić information content (AvgIpc) is 2.59. The van der Waals surface area contributed by atoms with Gasteiger partial charge in [0.2, 0.25) is 0 Å². The Balaban J connectivity index is 2.13. The maximum Gasteiger partial charge on any atom is 0.338 e. The number of methoxy groups -OCH3 is 1. The van der Waals surface area contributed by atoms with Crippen LogP contribution >= 0.6 is 0 Å². The summed E-state index contributed by atoms with van der Waals surface area (Å²) in [6.45, 7) is 0. The molecule has 0 bridgehead atoms. The number of para-hydroxylation sites is 1. The molecule has 0 amide bonds. The lowest BCUT2D eigenvalue weighted by Gasteiger charge is -2.22. The Bertz CT molecular complexity index is 1120. The van der Waals surface area contributed by atoms with Crippen molar-refractivity contribution in [2.45, 2.75) is 5.75 Å². The molecule has 0 unspecified atom stereocenters. The molecule has 7 nitrogen and oxygen atoms in total. The van der Waals surface area contributed by atoms with Gasteiger partial charge in [-0.15, -0.1) is 0 Å². The largest absolute Gasteiger partial charge is 0.496 e. The van der Waals surface area contributed by atoms with E-state index in [2.05, 4.69) is 0 Å². The van der Waals surface area contributed by atoms with Crippen molar-refractivity contribution in [1.29, 1.82) is 0 Å². The molecule has 8 heteroatoms. The zero-order valence-electron chi connectivity index (χ0n) is 14.2. The van der Waals surface area contributed by atoms with Crippen LogP contribution in [0.2, 0.25) is 0 Å². The van der Waals surface area contributed by atoms with E-state index >= 15 is 0 Å². The van der Waals surface area contributed by atoms with E-state index in [9.17, 15) is 13.2 Å². The Kier molecular flexibility index (Phi) is 4.71. The second-order valence-corrected chi connectivity index (χ2v) is 7.18. The smallest absolute Gasteiger partial charge is 0.338 e. The first-order chi connectivity index (χ1) is 12.3. The fourth-order valence-corrected chi connectivity index (χ4v) is 3.41. The Morgan fingerprint density at radius 3 is 2.58 bits per heavy atom. The average molecular weight is 375 g/mol. The van der Waals surface area contributed by atoms with Crippen LogP contribution in [0.5, 0.6) is 5.75 Å². The number of anilines is 2. The molecule has 0 aliphatic rings. The van der Waals surface area contributed by atoms with E-state index < -0.39 is 21.5 Å². The van der Waals surface area contributed by atoms with Gasteiger partial charge in [-0.3, -0.25) is 4.55 Å². The molecule has 0 spiro atoms. The highest BCUT2D eigenvalue weighted by molar-refractivity contribution is 7.85. The number of rotatable bonds is 5. The van der Waals surface area contributed by atoms with Crippen LogP contribution in [-0.2, 0) is 15.9 Å². The first kappa shape index (κ1) is 18.0. The third kappa shape index (κ3) is 3.71. The van der Waals surface area contributed by atoms with Crippen molar-refractivity contribution >= 4 is 32.5 Å². The number of hydrogen-bond acceptors (Lipinski definition) is 6. The normalized spacial score (nSPS) is 11.5. The third-order valence-corrected chi connectivity index (χ3v) is 4.65. The highest BCUT2D eigenvalue weighted by atomic mass is 32.2. The number of fused-ring (bicyclic) bond motifs is 1. The fraction of sp³-hybridized carbons (Fsp3) is 0.167. The van der Waals surface area contributed by atoms with Crippen LogP contribution in [0.3, 0.4) is 0 Å². The Labute approximate surface area is 150 Å². The molecule has 136 valence electrons. The van der Waals surface area contributed by atoms with Gasteiger partial charge in [0.15, 0.2) is 0 Å². The van der Waals surface area contributed by atoms with Crippen LogP contribution in [-0.4, -0.2) is 27.1 Å². The summed E-state index contributed by atoms with van der Waals surface area (Å²) >= 11 is 0. The summed E-state index contributed by atoms with van der Waals surface area (Å²) < 4.78 is 42.1. The Hall–Kier alpha value is -2.84. The summed E-state index contributed by atoms with van der Waals surface area (Å²) in [5.74, 6) is -0.229. The van der Waals surface area contributed by atoms with Gasteiger partial charge in [-0.05, 0) is 30.3 Å². The molecule has 0 radical (unpaired) electrons. The predicted octanol–water partition coefficient (Wildman–Crippen LogP) is 2.96. The van der Waals surface area contributed by atoms with Gasteiger partial charge in [0.1, 0.15) is 17.1 Å². The number of benzene rings is 2. The lowest BCUT2D eigenvalue weighted by Crippen LogP contribution is -2.14. The molecule has 0 saturated heterocycles. The minimum Gasteiger partial charge on any atom is -0.496 e.